The molecule has 1 unspecified atom stereocenters. The topological polar surface area (TPSA) is 85.0 Å². The van der Waals surface area contributed by atoms with Crippen molar-refractivity contribution in [1.82, 2.24) is 15.0 Å². The smallest absolute Gasteiger partial charge is 0.222 e. The minimum atomic E-state index is -0.232. The van der Waals surface area contributed by atoms with Crippen LogP contribution in [0.3, 0.4) is 0 Å². The van der Waals surface area contributed by atoms with Gasteiger partial charge in [-0.15, -0.1) is 0 Å². The van der Waals surface area contributed by atoms with Crippen molar-refractivity contribution < 1.29 is 4.79 Å². The van der Waals surface area contributed by atoms with E-state index in [-0.39, 0.29) is 11.8 Å². The van der Waals surface area contributed by atoms with Crippen LogP contribution in [0.15, 0.2) is 30.6 Å². The molecule has 1 amide bonds. The monoisotopic (exact) mass is 297 g/mol. The van der Waals surface area contributed by atoms with E-state index in [1.165, 1.54) is 0 Å². The van der Waals surface area contributed by atoms with Crippen LogP contribution in [0.1, 0.15) is 18.5 Å². The molecule has 1 saturated heterocycles. The molecule has 0 radical (unpaired) electrons. The van der Waals surface area contributed by atoms with Gasteiger partial charge in [-0.1, -0.05) is 0 Å². The maximum absolute atomic E-state index is 11.4. The Morgan fingerprint density at radius 3 is 2.82 bits per heavy atom. The molecule has 2 aromatic heterocycles. The van der Waals surface area contributed by atoms with Gasteiger partial charge in [-0.05, 0) is 31.9 Å². The van der Waals surface area contributed by atoms with Crippen LogP contribution in [0, 0.1) is 12.8 Å². The molecule has 6 nitrogen and oxygen atoms in total. The first-order valence-electron chi connectivity index (χ1n) is 7.44. The second kappa shape index (κ2) is 6.09. The number of hydrogen-bond donors (Lipinski definition) is 1. The maximum Gasteiger partial charge on any atom is 0.222 e. The minimum absolute atomic E-state index is 0.103. The molecule has 22 heavy (non-hydrogen) atoms. The van der Waals surface area contributed by atoms with Crippen LogP contribution in [0.4, 0.5) is 5.82 Å². The Kier molecular flexibility index (Phi) is 4.00. The Morgan fingerprint density at radius 2 is 2.09 bits per heavy atom. The van der Waals surface area contributed by atoms with Gasteiger partial charge in [0.15, 0.2) is 5.82 Å². The summed E-state index contributed by atoms with van der Waals surface area (Å²) in [7, 11) is 0. The second-order valence-corrected chi connectivity index (χ2v) is 5.61. The summed E-state index contributed by atoms with van der Waals surface area (Å²) in [5.41, 5.74) is 7.29. The van der Waals surface area contributed by atoms with Crippen molar-refractivity contribution in [2.75, 3.05) is 18.0 Å². The molecule has 0 saturated carbocycles. The fraction of sp³-hybridized carbons (Fsp3) is 0.375. The third kappa shape index (κ3) is 3.05. The van der Waals surface area contributed by atoms with Crippen LogP contribution in [0.25, 0.3) is 11.4 Å². The molecule has 6 heteroatoms. The molecule has 1 aliphatic rings. The number of aryl methyl sites for hydroxylation is 1. The van der Waals surface area contributed by atoms with E-state index in [2.05, 4.69) is 19.9 Å². The predicted octanol–water partition coefficient (Wildman–Crippen LogP) is 1.55. The van der Waals surface area contributed by atoms with Crippen molar-refractivity contribution in [2.45, 2.75) is 19.8 Å². The van der Waals surface area contributed by atoms with Crippen molar-refractivity contribution in [3.05, 3.63) is 36.3 Å². The number of rotatable bonds is 3. The molecule has 3 rings (SSSR count). The Labute approximate surface area is 129 Å². The van der Waals surface area contributed by atoms with Crippen LogP contribution in [0.5, 0.6) is 0 Å². The number of carbonyl (C=O) groups excluding carboxylic acids is 1. The molecule has 114 valence electrons. The van der Waals surface area contributed by atoms with Crippen LogP contribution in [0.2, 0.25) is 0 Å². The summed E-state index contributed by atoms with van der Waals surface area (Å²) in [5.74, 6) is 1.20. The molecular formula is C16H19N5O. The number of pyridine rings is 1. The highest BCUT2D eigenvalue weighted by atomic mass is 16.1. The predicted molar refractivity (Wildman–Crippen MR) is 84.1 cm³/mol. The van der Waals surface area contributed by atoms with Gasteiger partial charge in [0.05, 0.1) is 5.92 Å². The lowest BCUT2D eigenvalue weighted by molar-refractivity contribution is -0.122. The number of nitrogens with two attached hydrogens (primary N) is 1. The maximum atomic E-state index is 11.4. The molecule has 3 heterocycles. The number of amides is 1. The molecule has 1 fully saturated rings. The van der Waals surface area contributed by atoms with Crippen molar-refractivity contribution >= 4 is 11.7 Å². The SMILES string of the molecule is Cc1cc(N2CCCC(C(N)=O)C2)nc(-c2ccncc2)n1. The van der Waals surface area contributed by atoms with Gasteiger partial charge in [-0.3, -0.25) is 9.78 Å². The van der Waals surface area contributed by atoms with E-state index < -0.39 is 0 Å². The fourth-order valence-electron chi connectivity index (χ4n) is 2.76. The lowest BCUT2D eigenvalue weighted by Crippen LogP contribution is -2.41. The minimum Gasteiger partial charge on any atom is -0.369 e. The van der Waals surface area contributed by atoms with Crippen LogP contribution in [-0.2, 0) is 4.79 Å². The zero-order chi connectivity index (χ0) is 15.5. The Morgan fingerprint density at radius 1 is 1.32 bits per heavy atom. The fourth-order valence-corrected chi connectivity index (χ4v) is 2.76. The molecule has 0 aliphatic carbocycles. The molecule has 1 aliphatic heterocycles. The van der Waals surface area contributed by atoms with Gasteiger partial charge in [0.25, 0.3) is 0 Å². The average molecular weight is 297 g/mol. The summed E-state index contributed by atoms with van der Waals surface area (Å²) >= 11 is 0. The zero-order valence-corrected chi connectivity index (χ0v) is 12.6. The zero-order valence-electron chi connectivity index (χ0n) is 12.6. The van der Waals surface area contributed by atoms with E-state index in [0.29, 0.717) is 12.4 Å². The summed E-state index contributed by atoms with van der Waals surface area (Å²) in [6.45, 7) is 3.46. The van der Waals surface area contributed by atoms with E-state index in [1.807, 2.05) is 25.1 Å². The standard InChI is InChI=1S/C16H19N5O/c1-11-9-14(21-8-2-3-13(10-21)15(17)22)20-16(19-11)12-4-6-18-7-5-12/h4-7,9,13H,2-3,8,10H2,1H3,(H2,17,22). The summed E-state index contributed by atoms with van der Waals surface area (Å²) in [4.78, 5) is 26.7. The molecule has 0 aromatic carbocycles. The number of aromatic nitrogens is 3. The molecule has 2 aromatic rings. The molecule has 0 spiro atoms. The van der Waals surface area contributed by atoms with E-state index in [0.717, 1.165) is 36.5 Å². The summed E-state index contributed by atoms with van der Waals surface area (Å²) in [6.07, 6.45) is 5.25. The largest absolute Gasteiger partial charge is 0.369 e. The van der Waals surface area contributed by atoms with Crippen molar-refractivity contribution in [1.29, 1.82) is 0 Å². The van der Waals surface area contributed by atoms with Gasteiger partial charge in [-0.2, -0.15) is 0 Å². The molecule has 0 bridgehead atoms. The molecule has 1 atom stereocenters. The first-order valence-corrected chi connectivity index (χ1v) is 7.44. The van der Waals surface area contributed by atoms with Crippen molar-refractivity contribution in [3.63, 3.8) is 0 Å². The number of primary amides is 1. The summed E-state index contributed by atoms with van der Waals surface area (Å²) < 4.78 is 0. The third-order valence-corrected chi connectivity index (χ3v) is 3.93. The quantitative estimate of drug-likeness (QED) is 0.929. The highest BCUT2D eigenvalue weighted by molar-refractivity contribution is 5.77. The Bertz CT molecular complexity index is 673. The van der Waals surface area contributed by atoms with E-state index in [4.69, 9.17) is 5.73 Å². The lowest BCUT2D eigenvalue weighted by atomic mass is 9.97. The Hall–Kier alpha value is -2.50. The van der Waals surface area contributed by atoms with Gasteiger partial charge in [0, 0.05) is 42.8 Å². The van der Waals surface area contributed by atoms with E-state index in [9.17, 15) is 4.79 Å². The van der Waals surface area contributed by atoms with E-state index in [1.54, 1.807) is 12.4 Å². The molecule has 2 N–H and O–H groups in total. The second-order valence-electron chi connectivity index (χ2n) is 5.61. The van der Waals surface area contributed by atoms with Gasteiger partial charge < -0.3 is 10.6 Å². The van der Waals surface area contributed by atoms with Crippen LogP contribution in [-0.4, -0.2) is 33.9 Å². The number of nitrogens with zero attached hydrogens (tertiary/aromatic N) is 4. The number of anilines is 1. The van der Waals surface area contributed by atoms with Crippen molar-refractivity contribution in [3.8, 4) is 11.4 Å². The summed E-state index contributed by atoms with van der Waals surface area (Å²) in [5, 5.41) is 0. The lowest BCUT2D eigenvalue weighted by Gasteiger charge is -2.32. The first-order chi connectivity index (χ1) is 10.6. The van der Waals surface area contributed by atoms with E-state index >= 15 is 0 Å². The summed E-state index contributed by atoms with van der Waals surface area (Å²) in [6, 6.07) is 5.73. The highest BCUT2D eigenvalue weighted by Crippen LogP contribution is 2.24. The average Bonchev–Trinajstić information content (AvgIpc) is 2.55. The number of piperidine rings is 1. The van der Waals surface area contributed by atoms with Crippen LogP contribution >= 0.6 is 0 Å². The van der Waals surface area contributed by atoms with Crippen molar-refractivity contribution in [2.24, 2.45) is 11.7 Å². The normalized spacial score (nSPS) is 18.2. The highest BCUT2D eigenvalue weighted by Gasteiger charge is 2.25. The van der Waals surface area contributed by atoms with Gasteiger partial charge in [-0.25, -0.2) is 9.97 Å². The van der Waals surface area contributed by atoms with Crippen LogP contribution < -0.4 is 10.6 Å². The first kappa shape index (κ1) is 14.4. The Balaban J connectivity index is 1.91. The van der Waals surface area contributed by atoms with Gasteiger partial charge in [0.2, 0.25) is 5.91 Å². The number of hydrogen-bond acceptors (Lipinski definition) is 5. The number of carbonyl (C=O) groups is 1. The van der Waals surface area contributed by atoms with Gasteiger partial charge in [0.1, 0.15) is 5.82 Å². The van der Waals surface area contributed by atoms with Gasteiger partial charge >= 0.3 is 0 Å². The molecular weight excluding hydrogens is 278 g/mol. The third-order valence-electron chi connectivity index (χ3n) is 3.93.